The number of halogens is 1. The zero-order valence-corrected chi connectivity index (χ0v) is 8.21. The van der Waals surface area contributed by atoms with Crippen molar-refractivity contribution in [1.29, 1.82) is 0 Å². The first-order valence-electron chi connectivity index (χ1n) is 3.97. The van der Waals surface area contributed by atoms with Gasteiger partial charge in [0.25, 0.3) is 0 Å². The van der Waals surface area contributed by atoms with E-state index in [1.807, 2.05) is 6.92 Å². The molecular formula is C8H8ClN5. The van der Waals surface area contributed by atoms with Crippen LogP contribution in [0.4, 0.5) is 5.82 Å². The van der Waals surface area contributed by atoms with Gasteiger partial charge in [0.15, 0.2) is 0 Å². The van der Waals surface area contributed by atoms with Crippen LogP contribution in [0.1, 0.15) is 5.69 Å². The molecule has 0 aliphatic heterocycles. The Morgan fingerprint density at radius 3 is 2.93 bits per heavy atom. The fourth-order valence-electron chi connectivity index (χ4n) is 1.17. The average molecular weight is 210 g/mol. The zero-order chi connectivity index (χ0) is 10.1. The number of H-pyrrole nitrogens is 1. The van der Waals surface area contributed by atoms with Crippen molar-refractivity contribution in [1.82, 2.24) is 20.2 Å². The molecule has 2 heterocycles. The van der Waals surface area contributed by atoms with Gasteiger partial charge in [-0.1, -0.05) is 11.6 Å². The summed E-state index contributed by atoms with van der Waals surface area (Å²) in [6, 6.07) is 0. The van der Waals surface area contributed by atoms with Crippen LogP contribution in [-0.4, -0.2) is 20.2 Å². The van der Waals surface area contributed by atoms with Crippen LogP contribution >= 0.6 is 11.6 Å². The minimum atomic E-state index is 0.315. The molecule has 2 aromatic heterocycles. The summed E-state index contributed by atoms with van der Waals surface area (Å²) in [5, 5.41) is 7.01. The first-order valence-corrected chi connectivity index (χ1v) is 4.35. The number of aromatic amines is 1. The van der Waals surface area contributed by atoms with Crippen LogP contribution in [0.5, 0.6) is 0 Å². The molecule has 0 unspecified atom stereocenters. The second-order valence-electron chi connectivity index (χ2n) is 2.81. The Hall–Kier alpha value is -1.62. The molecule has 0 fully saturated rings. The van der Waals surface area contributed by atoms with Crippen molar-refractivity contribution >= 4 is 17.4 Å². The van der Waals surface area contributed by atoms with Crippen molar-refractivity contribution in [2.75, 3.05) is 5.73 Å². The van der Waals surface area contributed by atoms with Crippen LogP contribution in [0.15, 0.2) is 12.4 Å². The second-order valence-corrected chi connectivity index (χ2v) is 3.20. The Morgan fingerprint density at radius 1 is 1.50 bits per heavy atom. The van der Waals surface area contributed by atoms with Gasteiger partial charge < -0.3 is 5.73 Å². The number of nitrogens with one attached hydrogen (secondary N) is 1. The Labute approximate surface area is 85.3 Å². The topological polar surface area (TPSA) is 80.5 Å². The lowest BCUT2D eigenvalue weighted by Crippen LogP contribution is -1.97. The normalized spacial score (nSPS) is 10.4. The summed E-state index contributed by atoms with van der Waals surface area (Å²) < 4.78 is 0. The third-order valence-electron chi connectivity index (χ3n) is 1.86. The maximum atomic E-state index is 5.73. The molecule has 0 bridgehead atoms. The largest absolute Gasteiger partial charge is 0.382 e. The number of nitrogens with zero attached hydrogens (tertiary/aromatic N) is 3. The molecule has 5 nitrogen and oxygen atoms in total. The fourth-order valence-corrected chi connectivity index (χ4v) is 1.31. The van der Waals surface area contributed by atoms with E-state index < -0.39 is 0 Å². The number of nitrogens with two attached hydrogens (primary N) is 1. The first kappa shape index (κ1) is 8.96. The van der Waals surface area contributed by atoms with Crippen LogP contribution in [-0.2, 0) is 0 Å². The monoisotopic (exact) mass is 209 g/mol. The first-order chi connectivity index (χ1) is 6.68. The zero-order valence-electron chi connectivity index (χ0n) is 7.45. The van der Waals surface area contributed by atoms with Gasteiger partial charge in [-0.2, -0.15) is 5.10 Å². The lowest BCUT2D eigenvalue weighted by atomic mass is 10.2. The van der Waals surface area contributed by atoms with Gasteiger partial charge in [0, 0.05) is 11.8 Å². The molecule has 0 radical (unpaired) electrons. The highest BCUT2D eigenvalue weighted by Gasteiger charge is 2.10. The predicted molar refractivity (Wildman–Crippen MR) is 53.8 cm³/mol. The van der Waals surface area contributed by atoms with Gasteiger partial charge in [-0.25, -0.2) is 9.97 Å². The summed E-state index contributed by atoms with van der Waals surface area (Å²) in [5.41, 5.74) is 7.86. The van der Waals surface area contributed by atoms with E-state index in [1.54, 1.807) is 6.20 Å². The van der Waals surface area contributed by atoms with E-state index in [0.717, 1.165) is 11.3 Å². The van der Waals surface area contributed by atoms with E-state index >= 15 is 0 Å². The predicted octanol–water partition coefficient (Wildman–Crippen LogP) is 1.41. The number of nitrogen functional groups attached to an aromatic ring is 1. The van der Waals surface area contributed by atoms with Gasteiger partial charge in [-0.05, 0) is 6.92 Å². The fraction of sp³-hybridized carbons (Fsp3) is 0.125. The number of anilines is 1. The summed E-state index contributed by atoms with van der Waals surface area (Å²) in [4.78, 5) is 8.01. The molecule has 0 amide bonds. The van der Waals surface area contributed by atoms with Crippen LogP contribution in [0.3, 0.4) is 0 Å². The van der Waals surface area contributed by atoms with Gasteiger partial charge in [0.2, 0.25) is 0 Å². The standard InChI is InChI=1S/C8H8ClN5/c1-4-5(2-12-14-4)7-8(10)11-3-6(9)13-7/h2-3H,1H3,(H2,10,11)(H,12,14). The minimum absolute atomic E-state index is 0.315. The minimum Gasteiger partial charge on any atom is -0.382 e. The number of rotatable bonds is 1. The van der Waals surface area contributed by atoms with Crippen molar-refractivity contribution in [3.8, 4) is 11.3 Å². The molecule has 3 N–H and O–H groups in total. The van der Waals surface area contributed by atoms with E-state index in [2.05, 4.69) is 20.2 Å². The Balaban J connectivity index is 2.62. The van der Waals surface area contributed by atoms with E-state index in [-0.39, 0.29) is 0 Å². The van der Waals surface area contributed by atoms with E-state index in [1.165, 1.54) is 6.20 Å². The van der Waals surface area contributed by atoms with Gasteiger partial charge in [-0.3, -0.25) is 5.10 Å². The molecule has 0 saturated heterocycles. The summed E-state index contributed by atoms with van der Waals surface area (Å²) >= 11 is 5.73. The van der Waals surface area contributed by atoms with Crippen molar-refractivity contribution in [2.24, 2.45) is 0 Å². The highest BCUT2D eigenvalue weighted by molar-refractivity contribution is 6.29. The van der Waals surface area contributed by atoms with Crippen molar-refractivity contribution < 1.29 is 0 Å². The van der Waals surface area contributed by atoms with Crippen LogP contribution < -0.4 is 5.73 Å². The van der Waals surface area contributed by atoms with E-state index in [9.17, 15) is 0 Å². The Morgan fingerprint density at radius 2 is 2.29 bits per heavy atom. The van der Waals surface area contributed by atoms with Gasteiger partial charge >= 0.3 is 0 Å². The molecule has 6 heteroatoms. The molecule has 0 aromatic carbocycles. The lowest BCUT2D eigenvalue weighted by Gasteiger charge is -2.01. The molecule has 14 heavy (non-hydrogen) atoms. The highest BCUT2D eigenvalue weighted by atomic mass is 35.5. The van der Waals surface area contributed by atoms with Crippen LogP contribution in [0, 0.1) is 6.92 Å². The summed E-state index contributed by atoms with van der Waals surface area (Å²) in [6.45, 7) is 1.86. The van der Waals surface area contributed by atoms with Crippen LogP contribution in [0.2, 0.25) is 5.15 Å². The van der Waals surface area contributed by atoms with Crippen molar-refractivity contribution in [2.45, 2.75) is 6.92 Å². The van der Waals surface area contributed by atoms with E-state index in [0.29, 0.717) is 16.7 Å². The van der Waals surface area contributed by atoms with Gasteiger partial charge in [-0.15, -0.1) is 0 Å². The Kier molecular flexibility index (Phi) is 2.09. The number of hydrogen-bond acceptors (Lipinski definition) is 4. The highest BCUT2D eigenvalue weighted by Crippen LogP contribution is 2.24. The molecule has 0 saturated carbocycles. The summed E-state index contributed by atoms with van der Waals surface area (Å²) in [6.07, 6.45) is 3.13. The van der Waals surface area contributed by atoms with Crippen molar-refractivity contribution in [3.05, 3.63) is 23.2 Å². The van der Waals surface area contributed by atoms with Gasteiger partial charge in [0.1, 0.15) is 16.7 Å². The third kappa shape index (κ3) is 1.42. The summed E-state index contributed by atoms with van der Waals surface area (Å²) in [5.74, 6) is 0.346. The molecule has 2 aromatic rings. The number of aromatic nitrogens is 4. The van der Waals surface area contributed by atoms with Crippen molar-refractivity contribution in [3.63, 3.8) is 0 Å². The van der Waals surface area contributed by atoms with E-state index in [4.69, 9.17) is 17.3 Å². The maximum absolute atomic E-state index is 5.73. The summed E-state index contributed by atoms with van der Waals surface area (Å²) in [7, 11) is 0. The molecule has 72 valence electrons. The van der Waals surface area contributed by atoms with Gasteiger partial charge in [0.05, 0.1) is 11.9 Å². The maximum Gasteiger partial charge on any atom is 0.150 e. The number of aryl methyl sites for hydroxylation is 1. The molecule has 2 rings (SSSR count). The smallest absolute Gasteiger partial charge is 0.150 e. The quantitative estimate of drug-likeness (QED) is 0.744. The SMILES string of the molecule is Cc1n[nH]cc1-c1nc(Cl)cnc1N. The molecule has 0 aliphatic carbocycles. The molecule has 0 spiro atoms. The van der Waals surface area contributed by atoms with Crippen LogP contribution in [0.25, 0.3) is 11.3 Å². The lowest BCUT2D eigenvalue weighted by molar-refractivity contribution is 1.05. The molecular weight excluding hydrogens is 202 g/mol. The Bertz CT molecular complexity index is 465. The molecule has 0 aliphatic rings. The molecule has 0 atom stereocenters. The third-order valence-corrected chi connectivity index (χ3v) is 2.04. The second kappa shape index (κ2) is 3.26. The average Bonchev–Trinajstić information content (AvgIpc) is 2.56. The number of hydrogen-bond donors (Lipinski definition) is 2.